The fourth-order valence-corrected chi connectivity index (χ4v) is 2.29. The molecule has 2 heterocycles. The van der Waals surface area contributed by atoms with Gasteiger partial charge in [0.05, 0.1) is 0 Å². The zero-order chi connectivity index (χ0) is 11.5. The number of nitrogens with zero attached hydrogens (tertiary/aromatic N) is 3. The number of hydrogen-bond acceptors (Lipinski definition) is 4. The first kappa shape index (κ1) is 11.3. The molecule has 0 bridgehead atoms. The third-order valence-corrected chi connectivity index (χ3v) is 3.11. The molecule has 88 valence electrons. The zero-order valence-electron chi connectivity index (χ0n) is 10.1. The summed E-state index contributed by atoms with van der Waals surface area (Å²) >= 11 is 0. The largest absolute Gasteiger partial charge is 0.340 e. The van der Waals surface area contributed by atoms with Crippen LogP contribution in [0.4, 0.5) is 5.95 Å². The quantitative estimate of drug-likeness (QED) is 0.815. The van der Waals surface area contributed by atoms with Crippen LogP contribution in [0.15, 0.2) is 6.07 Å². The van der Waals surface area contributed by atoms with Crippen molar-refractivity contribution in [3.8, 4) is 0 Å². The molecule has 1 aliphatic rings. The highest BCUT2D eigenvalue weighted by molar-refractivity contribution is 5.32. The molecule has 1 aromatic rings. The van der Waals surface area contributed by atoms with Gasteiger partial charge in [-0.15, -0.1) is 0 Å². The minimum Gasteiger partial charge on any atom is -0.340 e. The SMILES string of the molecule is Cc1cc(C)nc(N2CCC[C@H](CN)C2)n1. The van der Waals surface area contributed by atoms with E-state index in [0.29, 0.717) is 5.92 Å². The highest BCUT2D eigenvalue weighted by Gasteiger charge is 2.20. The lowest BCUT2D eigenvalue weighted by Crippen LogP contribution is -2.39. The van der Waals surface area contributed by atoms with Gasteiger partial charge in [-0.05, 0) is 45.2 Å². The van der Waals surface area contributed by atoms with Crippen LogP contribution in [0.25, 0.3) is 0 Å². The number of piperidine rings is 1. The van der Waals surface area contributed by atoms with Crippen LogP contribution in [0, 0.1) is 19.8 Å². The number of aromatic nitrogens is 2. The summed E-state index contributed by atoms with van der Waals surface area (Å²) in [7, 11) is 0. The normalized spacial score (nSPS) is 21.2. The molecule has 0 saturated carbocycles. The maximum absolute atomic E-state index is 5.74. The molecule has 2 N–H and O–H groups in total. The van der Waals surface area contributed by atoms with E-state index in [2.05, 4.69) is 14.9 Å². The molecule has 4 nitrogen and oxygen atoms in total. The van der Waals surface area contributed by atoms with Gasteiger partial charge >= 0.3 is 0 Å². The van der Waals surface area contributed by atoms with Gasteiger partial charge in [-0.25, -0.2) is 9.97 Å². The van der Waals surface area contributed by atoms with Gasteiger partial charge in [0, 0.05) is 24.5 Å². The van der Waals surface area contributed by atoms with Crippen molar-refractivity contribution >= 4 is 5.95 Å². The maximum atomic E-state index is 5.74. The van der Waals surface area contributed by atoms with Crippen molar-refractivity contribution < 1.29 is 0 Å². The molecule has 1 aromatic heterocycles. The Kier molecular flexibility index (Phi) is 3.39. The van der Waals surface area contributed by atoms with Gasteiger partial charge in [-0.3, -0.25) is 0 Å². The van der Waals surface area contributed by atoms with Crippen LogP contribution >= 0.6 is 0 Å². The minimum atomic E-state index is 0.596. The van der Waals surface area contributed by atoms with Crippen LogP contribution in [0.2, 0.25) is 0 Å². The Morgan fingerprint density at radius 2 is 2.06 bits per heavy atom. The number of aryl methyl sites for hydroxylation is 2. The van der Waals surface area contributed by atoms with E-state index in [9.17, 15) is 0 Å². The van der Waals surface area contributed by atoms with Crippen molar-refractivity contribution in [2.75, 3.05) is 24.5 Å². The van der Waals surface area contributed by atoms with Crippen molar-refractivity contribution in [1.29, 1.82) is 0 Å². The molecule has 0 aliphatic carbocycles. The summed E-state index contributed by atoms with van der Waals surface area (Å²) < 4.78 is 0. The Hall–Kier alpha value is -1.16. The van der Waals surface area contributed by atoms with Crippen molar-refractivity contribution in [2.45, 2.75) is 26.7 Å². The van der Waals surface area contributed by atoms with E-state index in [0.717, 1.165) is 37.0 Å². The average molecular weight is 220 g/mol. The summed E-state index contributed by atoms with van der Waals surface area (Å²) in [5, 5.41) is 0. The van der Waals surface area contributed by atoms with E-state index in [1.165, 1.54) is 12.8 Å². The second-order valence-corrected chi connectivity index (χ2v) is 4.64. The summed E-state index contributed by atoms with van der Waals surface area (Å²) in [5.41, 5.74) is 7.81. The van der Waals surface area contributed by atoms with E-state index in [1.807, 2.05) is 19.9 Å². The van der Waals surface area contributed by atoms with Crippen LogP contribution in [0.1, 0.15) is 24.2 Å². The Morgan fingerprint density at radius 3 is 2.69 bits per heavy atom. The lowest BCUT2D eigenvalue weighted by Gasteiger charge is -2.32. The maximum Gasteiger partial charge on any atom is 0.225 e. The lowest BCUT2D eigenvalue weighted by molar-refractivity contribution is 0.419. The van der Waals surface area contributed by atoms with E-state index in [1.54, 1.807) is 0 Å². The Morgan fingerprint density at radius 1 is 1.38 bits per heavy atom. The molecular weight excluding hydrogens is 200 g/mol. The van der Waals surface area contributed by atoms with Gasteiger partial charge in [0.15, 0.2) is 0 Å². The van der Waals surface area contributed by atoms with E-state index in [4.69, 9.17) is 5.73 Å². The van der Waals surface area contributed by atoms with E-state index < -0.39 is 0 Å². The van der Waals surface area contributed by atoms with Gasteiger partial charge < -0.3 is 10.6 Å². The van der Waals surface area contributed by atoms with Crippen LogP contribution in [-0.4, -0.2) is 29.6 Å². The predicted octanol–water partition coefficient (Wildman–Crippen LogP) is 1.27. The average Bonchev–Trinajstić information content (AvgIpc) is 2.28. The van der Waals surface area contributed by atoms with Crippen molar-refractivity contribution in [3.63, 3.8) is 0 Å². The molecule has 1 saturated heterocycles. The first-order chi connectivity index (χ1) is 7.69. The van der Waals surface area contributed by atoms with Gasteiger partial charge in [-0.2, -0.15) is 0 Å². The minimum absolute atomic E-state index is 0.596. The standard InChI is InChI=1S/C12H20N4/c1-9-6-10(2)15-12(14-9)16-5-3-4-11(7-13)8-16/h6,11H,3-5,7-8,13H2,1-2H3/t11-/m1/s1. The molecule has 16 heavy (non-hydrogen) atoms. The summed E-state index contributed by atoms with van der Waals surface area (Å²) in [5.74, 6) is 1.47. The molecule has 0 amide bonds. The third-order valence-electron chi connectivity index (χ3n) is 3.11. The molecule has 0 spiro atoms. The zero-order valence-corrected chi connectivity index (χ0v) is 10.1. The van der Waals surface area contributed by atoms with Crippen LogP contribution in [0.3, 0.4) is 0 Å². The molecule has 2 rings (SSSR count). The topological polar surface area (TPSA) is 55.0 Å². The highest BCUT2D eigenvalue weighted by atomic mass is 15.3. The summed E-state index contributed by atoms with van der Waals surface area (Å²) in [6, 6.07) is 2.01. The second-order valence-electron chi connectivity index (χ2n) is 4.64. The van der Waals surface area contributed by atoms with Gasteiger partial charge in [0.25, 0.3) is 0 Å². The predicted molar refractivity (Wildman–Crippen MR) is 65.5 cm³/mol. The molecule has 1 fully saturated rings. The molecule has 4 heteroatoms. The first-order valence-corrected chi connectivity index (χ1v) is 5.96. The van der Waals surface area contributed by atoms with Crippen LogP contribution < -0.4 is 10.6 Å². The van der Waals surface area contributed by atoms with Gasteiger partial charge in [-0.1, -0.05) is 0 Å². The number of anilines is 1. The fraction of sp³-hybridized carbons (Fsp3) is 0.667. The molecule has 1 aliphatic heterocycles. The summed E-state index contributed by atoms with van der Waals surface area (Å²) in [6.07, 6.45) is 2.43. The molecular formula is C12H20N4. The van der Waals surface area contributed by atoms with Gasteiger partial charge in [0.1, 0.15) is 0 Å². The molecule has 0 radical (unpaired) electrons. The van der Waals surface area contributed by atoms with Crippen LogP contribution in [-0.2, 0) is 0 Å². The molecule has 1 atom stereocenters. The van der Waals surface area contributed by atoms with E-state index in [-0.39, 0.29) is 0 Å². The second kappa shape index (κ2) is 4.78. The third kappa shape index (κ3) is 2.50. The molecule has 0 aromatic carbocycles. The summed E-state index contributed by atoms with van der Waals surface area (Å²) in [6.45, 7) is 6.85. The van der Waals surface area contributed by atoms with Crippen molar-refractivity contribution in [1.82, 2.24) is 9.97 Å². The van der Waals surface area contributed by atoms with E-state index >= 15 is 0 Å². The highest BCUT2D eigenvalue weighted by Crippen LogP contribution is 2.20. The number of hydrogen-bond donors (Lipinski definition) is 1. The summed E-state index contributed by atoms with van der Waals surface area (Å²) in [4.78, 5) is 11.3. The number of rotatable bonds is 2. The fourth-order valence-electron chi connectivity index (χ4n) is 2.29. The lowest BCUT2D eigenvalue weighted by atomic mass is 9.99. The smallest absolute Gasteiger partial charge is 0.225 e. The molecule has 0 unspecified atom stereocenters. The first-order valence-electron chi connectivity index (χ1n) is 5.96. The monoisotopic (exact) mass is 220 g/mol. The Balaban J connectivity index is 2.16. The Labute approximate surface area is 96.9 Å². The number of nitrogens with two attached hydrogens (primary N) is 1. The van der Waals surface area contributed by atoms with Crippen LogP contribution in [0.5, 0.6) is 0 Å². The Bertz CT molecular complexity index is 344. The van der Waals surface area contributed by atoms with Gasteiger partial charge in [0.2, 0.25) is 5.95 Å². The van der Waals surface area contributed by atoms with Crippen molar-refractivity contribution in [3.05, 3.63) is 17.5 Å². The van der Waals surface area contributed by atoms with Crippen molar-refractivity contribution in [2.24, 2.45) is 11.7 Å².